The first-order chi connectivity index (χ1) is 20.8. The van der Waals surface area contributed by atoms with E-state index in [1.165, 1.54) is 6.33 Å². The van der Waals surface area contributed by atoms with E-state index in [0.29, 0.717) is 30.0 Å². The van der Waals surface area contributed by atoms with Gasteiger partial charge in [-0.15, -0.1) is 0 Å². The maximum absolute atomic E-state index is 14.3. The van der Waals surface area contributed by atoms with E-state index in [1.54, 1.807) is 9.08 Å². The minimum absolute atomic E-state index is 0.105. The van der Waals surface area contributed by atoms with Gasteiger partial charge in [0, 0.05) is 29.5 Å². The Kier molecular flexibility index (Phi) is 6.34. The Hall–Kier alpha value is -5.25. The van der Waals surface area contributed by atoms with Crippen molar-refractivity contribution in [1.29, 1.82) is 0 Å². The van der Waals surface area contributed by atoms with Gasteiger partial charge in [-0.05, 0) is 55.2 Å². The molecule has 7 rings (SSSR count). The van der Waals surface area contributed by atoms with Crippen LogP contribution in [0.25, 0.3) is 34.0 Å². The van der Waals surface area contributed by atoms with Gasteiger partial charge in [0.2, 0.25) is 5.78 Å². The van der Waals surface area contributed by atoms with Crippen LogP contribution >= 0.6 is 0 Å². The molecule has 0 saturated carbocycles. The van der Waals surface area contributed by atoms with E-state index in [4.69, 9.17) is 9.26 Å². The number of hydrogen-bond donors (Lipinski definition) is 1. The zero-order chi connectivity index (χ0) is 29.7. The van der Waals surface area contributed by atoms with Gasteiger partial charge in [0.15, 0.2) is 5.82 Å². The molecule has 0 saturated heterocycles. The quantitative estimate of drug-likeness (QED) is 0.280. The molecule has 216 valence electrons. The number of rotatable bonds is 7. The summed E-state index contributed by atoms with van der Waals surface area (Å²) < 4.78 is 14.3. The van der Waals surface area contributed by atoms with Crippen molar-refractivity contribution < 1.29 is 9.26 Å². The predicted molar refractivity (Wildman–Crippen MR) is 162 cm³/mol. The van der Waals surface area contributed by atoms with Crippen molar-refractivity contribution in [3.63, 3.8) is 0 Å². The molecule has 0 unspecified atom stereocenters. The van der Waals surface area contributed by atoms with Crippen molar-refractivity contribution in [3.05, 3.63) is 116 Å². The molecule has 0 aliphatic carbocycles. The van der Waals surface area contributed by atoms with Crippen LogP contribution in [0.2, 0.25) is 0 Å². The molecule has 0 radical (unpaired) electrons. The van der Waals surface area contributed by atoms with E-state index in [1.807, 2.05) is 66.7 Å². The summed E-state index contributed by atoms with van der Waals surface area (Å²) >= 11 is 0. The minimum Gasteiger partial charge on any atom is -0.487 e. The SMILES string of the molecule is CCCc1c(Cc2ccc(-c3ccccc3-c3noc(=O)[nH]3)cc2)c(=O)n(-c2ccc3c(c2)CC(C)(C)O3)c2ncnn12. The maximum atomic E-state index is 14.3. The van der Waals surface area contributed by atoms with E-state index in [-0.39, 0.29) is 11.2 Å². The second-order valence-electron chi connectivity index (χ2n) is 11.5. The monoisotopic (exact) mass is 574 g/mol. The molecule has 0 spiro atoms. The molecule has 1 N–H and O–H groups in total. The first-order valence-corrected chi connectivity index (χ1v) is 14.3. The topological polar surface area (TPSA) is 120 Å². The van der Waals surface area contributed by atoms with Crippen LogP contribution in [0.15, 0.2) is 87.2 Å². The lowest BCUT2D eigenvalue weighted by molar-refractivity contribution is 0.138. The normalized spacial score (nSPS) is 13.7. The minimum atomic E-state index is -0.602. The standard InChI is InChI=1S/C33H30N6O4/c1-4-7-27-26(16-20-10-12-21(13-11-20)24-8-5-6-9-25(24)29-36-32(41)43-37-29)30(40)38(31-34-19-35-39(27)31)23-14-15-28-22(17-23)18-33(2,3)42-28/h5-6,8-15,17,19H,4,7,16,18H2,1-3H3,(H,36,37,41). The highest BCUT2D eigenvalue weighted by Gasteiger charge is 2.30. The number of ether oxygens (including phenoxy) is 1. The summed E-state index contributed by atoms with van der Waals surface area (Å²) in [6.45, 7) is 6.22. The summed E-state index contributed by atoms with van der Waals surface area (Å²) in [5.41, 5.74) is 6.56. The Morgan fingerprint density at radius 3 is 2.53 bits per heavy atom. The lowest BCUT2D eigenvalue weighted by Gasteiger charge is -2.16. The molecule has 0 amide bonds. The third kappa shape index (κ3) is 4.74. The summed E-state index contributed by atoms with van der Waals surface area (Å²) in [5, 5.41) is 8.40. The molecule has 1 aliphatic rings. The van der Waals surface area contributed by atoms with E-state index < -0.39 is 5.76 Å². The third-order valence-corrected chi connectivity index (χ3v) is 7.85. The molecule has 43 heavy (non-hydrogen) atoms. The van der Waals surface area contributed by atoms with Gasteiger partial charge in [-0.2, -0.15) is 10.1 Å². The van der Waals surface area contributed by atoms with Crippen molar-refractivity contribution in [2.45, 2.75) is 52.1 Å². The Balaban J connectivity index is 1.30. The molecule has 6 aromatic rings. The van der Waals surface area contributed by atoms with Crippen LogP contribution in [0.3, 0.4) is 0 Å². The fourth-order valence-electron chi connectivity index (χ4n) is 5.99. The molecule has 0 bridgehead atoms. The molecule has 3 aromatic heterocycles. The first kappa shape index (κ1) is 26.6. The number of benzene rings is 3. The van der Waals surface area contributed by atoms with E-state index in [2.05, 4.69) is 41.0 Å². The van der Waals surface area contributed by atoms with Crippen LogP contribution in [0.1, 0.15) is 49.6 Å². The molecule has 10 heteroatoms. The fourth-order valence-corrected chi connectivity index (χ4v) is 5.99. The van der Waals surface area contributed by atoms with Crippen molar-refractivity contribution in [3.8, 4) is 34.0 Å². The number of nitrogens with one attached hydrogen (secondary N) is 1. The van der Waals surface area contributed by atoms with Gasteiger partial charge >= 0.3 is 5.76 Å². The van der Waals surface area contributed by atoms with Crippen LogP contribution in [0.4, 0.5) is 0 Å². The molecular weight excluding hydrogens is 544 g/mol. The van der Waals surface area contributed by atoms with E-state index in [0.717, 1.165) is 57.8 Å². The fraction of sp³-hybridized carbons (Fsp3) is 0.242. The molecule has 1 aliphatic heterocycles. The molecule has 3 aromatic carbocycles. The van der Waals surface area contributed by atoms with Crippen LogP contribution in [-0.4, -0.2) is 34.9 Å². The largest absolute Gasteiger partial charge is 0.487 e. The van der Waals surface area contributed by atoms with Gasteiger partial charge in [0.1, 0.15) is 17.7 Å². The summed E-state index contributed by atoms with van der Waals surface area (Å²) in [5.74, 6) is 1.11. The lowest BCUT2D eigenvalue weighted by atomic mass is 9.96. The van der Waals surface area contributed by atoms with Gasteiger partial charge in [0.05, 0.1) is 11.4 Å². The summed E-state index contributed by atoms with van der Waals surface area (Å²) in [7, 11) is 0. The average molecular weight is 575 g/mol. The molecule has 0 fully saturated rings. The highest BCUT2D eigenvalue weighted by atomic mass is 16.5. The van der Waals surface area contributed by atoms with E-state index >= 15 is 0 Å². The Bertz CT molecular complexity index is 2100. The third-order valence-electron chi connectivity index (χ3n) is 7.85. The van der Waals surface area contributed by atoms with Gasteiger partial charge < -0.3 is 4.74 Å². The van der Waals surface area contributed by atoms with Crippen LogP contribution in [-0.2, 0) is 19.3 Å². The zero-order valence-electron chi connectivity index (χ0n) is 24.1. The average Bonchev–Trinajstić information content (AvgIpc) is 3.72. The molecule has 10 nitrogen and oxygen atoms in total. The summed E-state index contributed by atoms with van der Waals surface area (Å²) in [4.78, 5) is 33.0. The number of hydrogen-bond acceptors (Lipinski definition) is 7. The number of fused-ring (bicyclic) bond motifs is 2. The number of aromatic amines is 1. The smallest absolute Gasteiger partial charge is 0.439 e. The van der Waals surface area contributed by atoms with Crippen molar-refractivity contribution >= 4 is 5.78 Å². The van der Waals surface area contributed by atoms with Crippen LogP contribution in [0.5, 0.6) is 5.75 Å². The number of aromatic nitrogens is 6. The van der Waals surface area contributed by atoms with Crippen molar-refractivity contribution in [2.75, 3.05) is 0 Å². The highest BCUT2D eigenvalue weighted by molar-refractivity contribution is 5.80. The summed E-state index contributed by atoms with van der Waals surface area (Å²) in [6, 6.07) is 21.6. The Labute approximate surface area is 246 Å². The van der Waals surface area contributed by atoms with Gasteiger partial charge in [-0.25, -0.2) is 13.9 Å². The second kappa shape index (κ2) is 10.2. The Morgan fingerprint density at radius 2 is 1.79 bits per heavy atom. The van der Waals surface area contributed by atoms with Gasteiger partial charge in [-0.3, -0.25) is 14.3 Å². The van der Waals surface area contributed by atoms with Gasteiger partial charge in [0.25, 0.3) is 5.56 Å². The highest BCUT2D eigenvalue weighted by Crippen LogP contribution is 2.36. The summed E-state index contributed by atoms with van der Waals surface area (Å²) in [6.07, 6.45) is 4.25. The molecule has 4 heterocycles. The van der Waals surface area contributed by atoms with Crippen LogP contribution in [0, 0.1) is 0 Å². The van der Waals surface area contributed by atoms with Crippen molar-refractivity contribution in [1.82, 2.24) is 29.3 Å². The lowest BCUT2D eigenvalue weighted by Crippen LogP contribution is -2.28. The molecular formula is C33H30N6O4. The molecule has 0 atom stereocenters. The Morgan fingerprint density at radius 1 is 1.00 bits per heavy atom. The first-order valence-electron chi connectivity index (χ1n) is 14.3. The second-order valence-corrected chi connectivity index (χ2v) is 11.5. The van der Waals surface area contributed by atoms with E-state index in [9.17, 15) is 9.59 Å². The number of aryl methyl sites for hydroxylation is 1. The zero-order valence-corrected chi connectivity index (χ0v) is 24.1. The van der Waals surface area contributed by atoms with Crippen molar-refractivity contribution in [2.24, 2.45) is 0 Å². The number of H-pyrrole nitrogens is 1. The number of nitrogens with zero attached hydrogens (tertiary/aromatic N) is 5. The maximum Gasteiger partial charge on any atom is 0.439 e. The van der Waals surface area contributed by atoms with Gasteiger partial charge in [-0.1, -0.05) is 67.0 Å². The predicted octanol–water partition coefficient (Wildman–Crippen LogP) is 5.15. The van der Waals surface area contributed by atoms with Crippen LogP contribution < -0.4 is 16.1 Å².